The molecule has 0 aliphatic heterocycles. The molecule has 0 bridgehead atoms. The molecule has 39 heavy (non-hydrogen) atoms. The minimum absolute atomic E-state index is 0.123. The van der Waals surface area contributed by atoms with Crippen LogP contribution in [0.3, 0.4) is 0 Å². The Labute approximate surface area is 227 Å². The lowest BCUT2D eigenvalue weighted by molar-refractivity contribution is -0.0883. The summed E-state index contributed by atoms with van der Waals surface area (Å²) in [6.45, 7) is 6.70. The van der Waals surface area contributed by atoms with Crippen molar-refractivity contribution in [3.8, 4) is 22.8 Å². The molecule has 1 aromatic heterocycles. The first-order valence-electron chi connectivity index (χ1n) is 13.4. The van der Waals surface area contributed by atoms with Gasteiger partial charge in [0.25, 0.3) is 0 Å². The predicted molar refractivity (Wildman–Crippen MR) is 143 cm³/mol. The van der Waals surface area contributed by atoms with Crippen molar-refractivity contribution in [1.29, 1.82) is 0 Å². The number of rotatable bonds is 12. The molecule has 0 unspecified atom stereocenters. The number of unbranched alkanes of at least 4 members (excludes halogenated alkanes) is 1. The van der Waals surface area contributed by atoms with Crippen LogP contribution in [0, 0.1) is 0 Å². The molecular weight excluding hydrogens is 515 g/mol. The molecule has 1 saturated carbocycles. The average molecular weight is 553 g/mol. The molecule has 1 aromatic carbocycles. The van der Waals surface area contributed by atoms with Crippen molar-refractivity contribution in [3.63, 3.8) is 0 Å². The van der Waals surface area contributed by atoms with E-state index in [0.717, 1.165) is 36.3 Å². The van der Waals surface area contributed by atoms with Crippen LogP contribution >= 0.6 is 0 Å². The van der Waals surface area contributed by atoms with Gasteiger partial charge in [-0.1, -0.05) is 32.9 Å². The molecule has 1 aliphatic carbocycles. The second-order valence-electron chi connectivity index (χ2n) is 9.97. The van der Waals surface area contributed by atoms with Crippen molar-refractivity contribution in [3.05, 3.63) is 65.9 Å². The number of alkyl halides is 4. The highest BCUT2D eigenvalue weighted by Crippen LogP contribution is 2.41. The van der Waals surface area contributed by atoms with Gasteiger partial charge in [0.05, 0.1) is 24.6 Å². The van der Waals surface area contributed by atoms with Crippen LogP contribution in [0.4, 0.5) is 22.0 Å². The Balaban J connectivity index is 1.76. The van der Waals surface area contributed by atoms with Crippen molar-refractivity contribution in [2.24, 2.45) is 0 Å². The van der Waals surface area contributed by atoms with Gasteiger partial charge in [-0.2, -0.15) is 13.2 Å². The maximum absolute atomic E-state index is 14.9. The van der Waals surface area contributed by atoms with Gasteiger partial charge >= 0.3 is 6.18 Å². The van der Waals surface area contributed by atoms with Crippen LogP contribution in [0.25, 0.3) is 11.3 Å². The van der Waals surface area contributed by atoms with Gasteiger partial charge in [0.1, 0.15) is 23.9 Å². The molecule has 0 atom stereocenters. The van der Waals surface area contributed by atoms with E-state index in [1.165, 1.54) is 7.11 Å². The number of nitrogens with one attached hydrogen (secondary N) is 1. The molecule has 2 aromatic rings. The summed E-state index contributed by atoms with van der Waals surface area (Å²) in [6, 6.07) is 5.22. The highest BCUT2D eigenvalue weighted by atomic mass is 19.4. The second kappa shape index (κ2) is 13.3. The van der Waals surface area contributed by atoms with E-state index in [1.807, 2.05) is 13.8 Å². The summed E-state index contributed by atoms with van der Waals surface area (Å²) in [7, 11) is 1.47. The lowest BCUT2D eigenvalue weighted by Gasteiger charge is -2.32. The van der Waals surface area contributed by atoms with Crippen LogP contribution in [-0.2, 0) is 0 Å². The highest BCUT2D eigenvalue weighted by Gasteiger charge is 2.35. The molecule has 214 valence electrons. The largest absolute Gasteiger partial charge is 0.493 e. The zero-order valence-electron chi connectivity index (χ0n) is 22.8. The summed E-state index contributed by atoms with van der Waals surface area (Å²) in [6.07, 6.45) is 2.73. The Morgan fingerprint density at radius 3 is 2.51 bits per heavy atom. The number of benzene rings is 1. The first kappa shape index (κ1) is 30.4. The maximum atomic E-state index is 14.9. The van der Waals surface area contributed by atoms with Gasteiger partial charge in [0, 0.05) is 17.1 Å². The van der Waals surface area contributed by atoms with E-state index in [4.69, 9.17) is 9.47 Å². The lowest BCUT2D eigenvalue weighted by Crippen LogP contribution is -2.28. The van der Waals surface area contributed by atoms with Crippen LogP contribution in [0.1, 0.15) is 77.0 Å². The molecule has 1 fully saturated rings. The number of aromatic amines is 1. The summed E-state index contributed by atoms with van der Waals surface area (Å²) in [5, 5.41) is 0. The quantitative estimate of drug-likeness (QED) is 0.211. The van der Waals surface area contributed by atoms with Crippen LogP contribution in [0.15, 0.2) is 60.1 Å². The van der Waals surface area contributed by atoms with Crippen LogP contribution in [0.5, 0.6) is 11.5 Å². The number of hydrogen-bond acceptors (Lipinski definition) is 3. The van der Waals surface area contributed by atoms with Crippen LogP contribution < -0.4 is 9.47 Å². The number of ether oxygens (including phenoxy) is 2. The summed E-state index contributed by atoms with van der Waals surface area (Å²) < 4.78 is 80.0. The van der Waals surface area contributed by atoms with Crippen molar-refractivity contribution >= 4 is 0 Å². The zero-order valence-corrected chi connectivity index (χ0v) is 22.8. The van der Waals surface area contributed by atoms with E-state index in [2.05, 4.69) is 16.5 Å². The fourth-order valence-electron chi connectivity index (χ4n) is 4.72. The third kappa shape index (κ3) is 7.96. The molecule has 0 saturated heterocycles. The van der Waals surface area contributed by atoms with E-state index in [9.17, 15) is 22.0 Å². The topological polar surface area (TPSA) is 47.1 Å². The zero-order chi connectivity index (χ0) is 28.6. The Morgan fingerprint density at radius 1 is 1.21 bits per heavy atom. The van der Waals surface area contributed by atoms with E-state index < -0.39 is 23.2 Å². The Bertz CT molecular complexity index is 1170. The minimum atomic E-state index is -4.70. The van der Waals surface area contributed by atoms with Gasteiger partial charge < -0.3 is 14.5 Å². The fraction of sp³-hybridized carbons (Fsp3) is 0.500. The number of methoxy groups -OCH3 is 1. The molecule has 1 N–H and O–H groups in total. The third-order valence-corrected chi connectivity index (χ3v) is 7.37. The average Bonchev–Trinajstić information content (AvgIpc) is 3.41. The number of imidazole rings is 1. The minimum Gasteiger partial charge on any atom is -0.493 e. The summed E-state index contributed by atoms with van der Waals surface area (Å²) in [4.78, 5) is 7.88. The van der Waals surface area contributed by atoms with Gasteiger partial charge in [0.2, 0.25) is 0 Å². The SMILES string of the molecule is C=C/C(=C\C(F)=C(/CCCC)COc1ccc(-c2cnc(C3CCC(F)(CC)CC3)[nH]2)cc1OC)C(F)(F)F. The number of aromatic nitrogens is 2. The number of allylic oxidation sites excluding steroid dienone is 4. The van der Waals surface area contributed by atoms with Crippen molar-refractivity contribution in [2.75, 3.05) is 13.7 Å². The maximum Gasteiger partial charge on any atom is 0.416 e. The van der Waals surface area contributed by atoms with Crippen LogP contribution in [0.2, 0.25) is 0 Å². The fourth-order valence-corrected chi connectivity index (χ4v) is 4.72. The van der Waals surface area contributed by atoms with Crippen molar-refractivity contribution in [2.45, 2.75) is 83.0 Å². The monoisotopic (exact) mass is 552 g/mol. The number of hydrogen-bond donors (Lipinski definition) is 1. The molecule has 4 nitrogen and oxygen atoms in total. The standard InChI is InChI=1S/C30H37F5N2O2/c1-5-8-9-22(24(31)17-23(6-2)30(33,34)35)19-39-26-11-10-21(16-27(26)38-4)25-18-36-28(37-25)20-12-14-29(32,7-3)15-13-20/h6,10-11,16-18,20H,2,5,7-9,12-15,19H2,1,3-4H3,(H,36,37)/b23-17+,24-22-. The summed E-state index contributed by atoms with van der Waals surface area (Å²) in [5.41, 5.74) is -0.549. The number of halogens is 5. The molecule has 3 rings (SSSR count). The smallest absolute Gasteiger partial charge is 0.416 e. The lowest BCUT2D eigenvalue weighted by atomic mass is 9.78. The van der Waals surface area contributed by atoms with E-state index >= 15 is 0 Å². The molecule has 0 radical (unpaired) electrons. The molecule has 0 spiro atoms. The second-order valence-corrected chi connectivity index (χ2v) is 9.97. The van der Waals surface area contributed by atoms with Gasteiger partial charge in [-0.15, -0.1) is 0 Å². The predicted octanol–water partition coefficient (Wildman–Crippen LogP) is 9.33. The molecule has 1 heterocycles. The molecule has 0 amide bonds. The van der Waals surface area contributed by atoms with Crippen molar-refractivity contribution in [1.82, 2.24) is 9.97 Å². The van der Waals surface area contributed by atoms with Gasteiger partial charge in [-0.05, 0) is 69.2 Å². The van der Waals surface area contributed by atoms with E-state index in [-0.39, 0.29) is 24.5 Å². The number of nitrogens with zero attached hydrogens (tertiary/aromatic N) is 1. The summed E-state index contributed by atoms with van der Waals surface area (Å²) in [5.74, 6) is 0.740. The summed E-state index contributed by atoms with van der Waals surface area (Å²) >= 11 is 0. The van der Waals surface area contributed by atoms with Gasteiger partial charge in [0.15, 0.2) is 11.5 Å². The molecular formula is C30H37F5N2O2. The van der Waals surface area contributed by atoms with Crippen molar-refractivity contribution < 1.29 is 31.4 Å². The Kier molecular flexibility index (Phi) is 10.4. The highest BCUT2D eigenvalue weighted by molar-refractivity contribution is 5.63. The number of H-pyrrole nitrogens is 1. The van der Waals surface area contributed by atoms with Gasteiger partial charge in [-0.3, -0.25) is 0 Å². The molecule has 1 aliphatic rings. The van der Waals surface area contributed by atoms with Gasteiger partial charge in [-0.25, -0.2) is 13.8 Å². The van der Waals surface area contributed by atoms with Crippen LogP contribution in [-0.4, -0.2) is 35.5 Å². The Hall–Kier alpha value is -3.10. The van der Waals surface area contributed by atoms with E-state index in [0.29, 0.717) is 49.3 Å². The first-order chi connectivity index (χ1) is 18.5. The normalized spacial score (nSPS) is 20.9. The molecule has 9 heteroatoms. The van der Waals surface area contributed by atoms with E-state index in [1.54, 1.807) is 24.4 Å². The third-order valence-electron chi connectivity index (χ3n) is 7.37. The Morgan fingerprint density at radius 2 is 1.92 bits per heavy atom. The first-order valence-corrected chi connectivity index (χ1v) is 13.4.